The van der Waals surface area contributed by atoms with Crippen molar-refractivity contribution < 1.29 is 14.0 Å². The number of rotatable bonds is 5. The van der Waals surface area contributed by atoms with Crippen LogP contribution in [0.4, 0.5) is 0 Å². The SMILES string of the molecule is Cc1[nH]c2ccccc2c1C(=O)C(=O)NCc1ccc(-c2nc3ccccc3s2)o1. The third-order valence-electron chi connectivity index (χ3n) is 4.92. The van der Waals surface area contributed by atoms with E-state index in [-0.39, 0.29) is 6.54 Å². The highest BCUT2D eigenvalue weighted by atomic mass is 32.1. The molecule has 0 aliphatic heterocycles. The summed E-state index contributed by atoms with van der Waals surface area (Å²) in [6.45, 7) is 1.91. The average Bonchev–Trinajstić information content (AvgIpc) is 3.46. The molecule has 2 N–H and O–H groups in total. The molecule has 0 bridgehead atoms. The summed E-state index contributed by atoms with van der Waals surface area (Å²) in [6, 6.07) is 18.9. The lowest BCUT2D eigenvalue weighted by Crippen LogP contribution is -2.30. The van der Waals surface area contributed by atoms with Gasteiger partial charge in [-0.3, -0.25) is 9.59 Å². The number of benzene rings is 2. The van der Waals surface area contributed by atoms with E-state index in [4.69, 9.17) is 4.42 Å². The van der Waals surface area contributed by atoms with E-state index in [2.05, 4.69) is 15.3 Å². The molecule has 148 valence electrons. The predicted molar refractivity (Wildman–Crippen MR) is 117 cm³/mol. The minimum Gasteiger partial charge on any atom is -0.457 e. The first-order chi connectivity index (χ1) is 14.6. The van der Waals surface area contributed by atoms with Gasteiger partial charge in [-0.25, -0.2) is 4.98 Å². The van der Waals surface area contributed by atoms with Crippen LogP contribution in [-0.2, 0) is 11.3 Å². The Morgan fingerprint density at radius 2 is 1.87 bits per heavy atom. The number of ketones is 1. The van der Waals surface area contributed by atoms with Crippen molar-refractivity contribution in [3.63, 3.8) is 0 Å². The van der Waals surface area contributed by atoms with E-state index >= 15 is 0 Å². The van der Waals surface area contributed by atoms with Gasteiger partial charge in [-0.05, 0) is 37.3 Å². The van der Waals surface area contributed by atoms with E-state index in [1.807, 2.05) is 54.6 Å². The molecule has 0 spiro atoms. The fourth-order valence-corrected chi connectivity index (χ4v) is 4.42. The first kappa shape index (κ1) is 18.3. The summed E-state index contributed by atoms with van der Waals surface area (Å²) in [5, 5.41) is 4.18. The molecule has 5 aromatic rings. The molecule has 5 rings (SSSR count). The van der Waals surface area contributed by atoms with Crippen molar-refractivity contribution in [1.82, 2.24) is 15.3 Å². The molecule has 0 fully saturated rings. The van der Waals surface area contributed by atoms with Crippen molar-refractivity contribution in [2.24, 2.45) is 0 Å². The summed E-state index contributed by atoms with van der Waals surface area (Å²) in [5.74, 6) is -0.0380. The average molecular weight is 415 g/mol. The zero-order valence-corrected chi connectivity index (χ0v) is 16.9. The van der Waals surface area contributed by atoms with E-state index in [0.717, 1.165) is 26.1 Å². The number of H-pyrrole nitrogens is 1. The predicted octanol–water partition coefficient (Wildman–Crippen LogP) is 4.85. The molecule has 0 saturated heterocycles. The molecule has 7 heteroatoms. The van der Waals surface area contributed by atoms with Gasteiger partial charge in [0, 0.05) is 16.6 Å². The number of carbonyl (C=O) groups is 2. The van der Waals surface area contributed by atoms with Gasteiger partial charge in [0.2, 0.25) is 0 Å². The number of aromatic nitrogens is 2. The van der Waals surface area contributed by atoms with E-state index in [0.29, 0.717) is 22.8 Å². The number of thiazole rings is 1. The normalized spacial score (nSPS) is 11.2. The lowest BCUT2D eigenvalue weighted by molar-refractivity contribution is -0.117. The van der Waals surface area contributed by atoms with E-state index < -0.39 is 11.7 Å². The van der Waals surface area contributed by atoms with Crippen molar-refractivity contribution in [1.29, 1.82) is 0 Å². The van der Waals surface area contributed by atoms with Crippen LogP contribution in [0.25, 0.3) is 31.9 Å². The molecule has 30 heavy (non-hydrogen) atoms. The molecule has 2 aromatic carbocycles. The van der Waals surface area contributed by atoms with Crippen LogP contribution >= 0.6 is 11.3 Å². The van der Waals surface area contributed by atoms with Gasteiger partial charge in [0.05, 0.1) is 22.3 Å². The molecule has 0 saturated carbocycles. The Morgan fingerprint density at radius 1 is 1.07 bits per heavy atom. The second-order valence-electron chi connectivity index (χ2n) is 6.94. The highest BCUT2D eigenvalue weighted by molar-refractivity contribution is 7.21. The minimum absolute atomic E-state index is 0.122. The Morgan fingerprint density at radius 3 is 2.73 bits per heavy atom. The van der Waals surface area contributed by atoms with Crippen LogP contribution in [0.5, 0.6) is 0 Å². The summed E-state index contributed by atoms with van der Waals surface area (Å²) in [5.41, 5.74) is 2.83. The van der Waals surface area contributed by atoms with Gasteiger partial charge in [-0.2, -0.15) is 0 Å². The lowest BCUT2D eigenvalue weighted by Gasteiger charge is -2.03. The number of fused-ring (bicyclic) bond motifs is 2. The third kappa shape index (κ3) is 3.19. The molecule has 3 aromatic heterocycles. The Labute approximate surface area is 175 Å². The molecule has 3 heterocycles. The van der Waals surface area contributed by atoms with Crippen LogP contribution in [0.1, 0.15) is 21.8 Å². The maximum absolute atomic E-state index is 12.7. The Hall–Kier alpha value is -3.71. The maximum Gasteiger partial charge on any atom is 0.292 e. The Kier molecular flexibility index (Phi) is 4.44. The number of Topliss-reactive ketones (excluding diaryl/α,β-unsaturated/α-hetero) is 1. The number of nitrogens with zero attached hydrogens (tertiary/aromatic N) is 1. The van der Waals surface area contributed by atoms with Gasteiger partial charge in [-0.1, -0.05) is 30.3 Å². The molecular weight excluding hydrogens is 398 g/mol. The molecule has 1 amide bonds. The fourth-order valence-electron chi connectivity index (χ4n) is 3.50. The highest BCUT2D eigenvalue weighted by Crippen LogP contribution is 2.31. The van der Waals surface area contributed by atoms with Crippen LogP contribution < -0.4 is 5.32 Å². The highest BCUT2D eigenvalue weighted by Gasteiger charge is 2.22. The molecule has 0 aliphatic carbocycles. The van der Waals surface area contributed by atoms with Gasteiger partial charge in [0.1, 0.15) is 5.76 Å². The molecule has 6 nitrogen and oxygen atoms in total. The topological polar surface area (TPSA) is 88.0 Å². The van der Waals surface area contributed by atoms with Crippen LogP contribution in [0.2, 0.25) is 0 Å². The van der Waals surface area contributed by atoms with Gasteiger partial charge in [0.25, 0.3) is 11.7 Å². The zero-order chi connectivity index (χ0) is 20.7. The summed E-state index contributed by atoms with van der Waals surface area (Å²) < 4.78 is 6.91. The Balaban J connectivity index is 1.31. The van der Waals surface area contributed by atoms with Gasteiger partial charge < -0.3 is 14.7 Å². The molecule has 0 atom stereocenters. The van der Waals surface area contributed by atoms with Gasteiger partial charge in [0.15, 0.2) is 10.8 Å². The largest absolute Gasteiger partial charge is 0.457 e. The smallest absolute Gasteiger partial charge is 0.292 e. The van der Waals surface area contributed by atoms with E-state index in [9.17, 15) is 9.59 Å². The summed E-state index contributed by atoms with van der Waals surface area (Å²) in [4.78, 5) is 32.9. The minimum atomic E-state index is -0.666. The number of nitrogens with one attached hydrogen (secondary N) is 2. The van der Waals surface area contributed by atoms with Crippen LogP contribution in [-0.4, -0.2) is 21.7 Å². The van der Waals surface area contributed by atoms with Crippen molar-refractivity contribution in [3.8, 4) is 10.8 Å². The summed E-state index contributed by atoms with van der Waals surface area (Å²) in [7, 11) is 0. The number of furan rings is 1. The fraction of sp³-hybridized carbons (Fsp3) is 0.0870. The number of hydrogen-bond acceptors (Lipinski definition) is 5. The summed E-state index contributed by atoms with van der Waals surface area (Å²) in [6.07, 6.45) is 0. The van der Waals surface area contributed by atoms with Crippen LogP contribution in [0.15, 0.2) is 65.1 Å². The first-order valence-electron chi connectivity index (χ1n) is 9.44. The second-order valence-corrected chi connectivity index (χ2v) is 7.97. The number of carbonyl (C=O) groups excluding carboxylic acids is 2. The van der Waals surface area contributed by atoms with Crippen molar-refractivity contribution in [2.45, 2.75) is 13.5 Å². The molecule has 0 radical (unpaired) electrons. The number of para-hydroxylation sites is 2. The first-order valence-corrected chi connectivity index (χ1v) is 10.3. The molecular formula is C23H17N3O3S. The van der Waals surface area contributed by atoms with Crippen molar-refractivity contribution in [3.05, 3.63) is 77.7 Å². The number of hydrogen-bond donors (Lipinski definition) is 2. The van der Waals surface area contributed by atoms with Crippen molar-refractivity contribution >= 4 is 44.1 Å². The van der Waals surface area contributed by atoms with Crippen LogP contribution in [0, 0.1) is 6.92 Å². The second kappa shape index (κ2) is 7.27. The molecule has 0 unspecified atom stereocenters. The maximum atomic E-state index is 12.7. The van der Waals surface area contributed by atoms with Gasteiger partial charge >= 0.3 is 0 Å². The summed E-state index contributed by atoms with van der Waals surface area (Å²) >= 11 is 1.54. The van der Waals surface area contributed by atoms with Crippen LogP contribution in [0.3, 0.4) is 0 Å². The monoisotopic (exact) mass is 415 g/mol. The number of aromatic amines is 1. The van der Waals surface area contributed by atoms with Crippen molar-refractivity contribution in [2.75, 3.05) is 0 Å². The number of amides is 1. The zero-order valence-electron chi connectivity index (χ0n) is 16.1. The van der Waals surface area contributed by atoms with E-state index in [1.165, 1.54) is 0 Å². The molecule has 0 aliphatic rings. The lowest BCUT2D eigenvalue weighted by atomic mass is 10.1. The standard InChI is InChI=1S/C23H17N3O3S/c1-13-20(15-6-2-3-7-16(15)25-13)21(27)22(28)24-12-14-10-11-18(29-14)23-26-17-8-4-5-9-19(17)30-23/h2-11,25H,12H2,1H3,(H,24,28). The van der Waals surface area contributed by atoms with E-state index in [1.54, 1.807) is 24.3 Å². The van der Waals surface area contributed by atoms with Gasteiger partial charge in [-0.15, -0.1) is 11.3 Å². The quantitative estimate of drug-likeness (QED) is 0.317. The third-order valence-corrected chi connectivity index (χ3v) is 5.97. The Bertz CT molecular complexity index is 1380. The number of aryl methyl sites for hydroxylation is 1.